The van der Waals surface area contributed by atoms with Crippen LogP contribution in [0.4, 0.5) is 10.5 Å². The van der Waals surface area contributed by atoms with E-state index in [1.807, 2.05) is 32.9 Å². The summed E-state index contributed by atoms with van der Waals surface area (Å²) in [5.74, 6) is 0.540. The number of nitrogens with one attached hydrogen (secondary N) is 1. The maximum Gasteiger partial charge on any atom is 0.410 e. The maximum absolute atomic E-state index is 12.8. The van der Waals surface area contributed by atoms with Crippen LogP contribution in [0, 0.1) is 0 Å². The first kappa shape index (κ1) is 22.0. The Morgan fingerprint density at radius 2 is 2.17 bits per heavy atom. The predicted octanol–water partition coefficient (Wildman–Crippen LogP) is 1.99. The van der Waals surface area contributed by atoms with Gasteiger partial charge >= 0.3 is 6.09 Å². The van der Waals surface area contributed by atoms with Gasteiger partial charge in [0.15, 0.2) is 0 Å². The van der Waals surface area contributed by atoms with Crippen molar-refractivity contribution in [2.75, 3.05) is 44.9 Å². The van der Waals surface area contributed by atoms with Gasteiger partial charge in [0.2, 0.25) is 5.88 Å². The summed E-state index contributed by atoms with van der Waals surface area (Å²) in [6, 6.07) is 5.63. The number of hydrogen-bond donors (Lipinski definition) is 2. The molecular formula is C21H31N5O4. The minimum absolute atomic E-state index is 0.00540. The summed E-state index contributed by atoms with van der Waals surface area (Å²) in [6.07, 6.45) is 2.25. The van der Waals surface area contributed by atoms with E-state index in [1.54, 1.807) is 24.3 Å². The number of carbonyl (C=O) groups is 1. The van der Waals surface area contributed by atoms with Crippen LogP contribution in [0.15, 0.2) is 24.4 Å². The van der Waals surface area contributed by atoms with Crippen molar-refractivity contribution in [3.8, 4) is 5.88 Å². The molecule has 164 valence electrons. The summed E-state index contributed by atoms with van der Waals surface area (Å²) in [7, 11) is 1.59. The van der Waals surface area contributed by atoms with Gasteiger partial charge in [-0.25, -0.2) is 9.78 Å². The monoisotopic (exact) mass is 417 g/mol. The van der Waals surface area contributed by atoms with Gasteiger partial charge in [0.1, 0.15) is 11.1 Å². The largest absolute Gasteiger partial charge is 0.481 e. The average molecular weight is 418 g/mol. The van der Waals surface area contributed by atoms with Crippen LogP contribution in [0.5, 0.6) is 5.88 Å². The second kappa shape index (κ2) is 9.44. The van der Waals surface area contributed by atoms with Crippen molar-refractivity contribution in [1.82, 2.24) is 20.2 Å². The molecule has 0 radical (unpaired) electrons. The van der Waals surface area contributed by atoms with Gasteiger partial charge in [-0.15, -0.1) is 0 Å². The van der Waals surface area contributed by atoms with Gasteiger partial charge < -0.3 is 24.4 Å². The van der Waals surface area contributed by atoms with E-state index in [-0.39, 0.29) is 18.9 Å². The predicted molar refractivity (Wildman–Crippen MR) is 115 cm³/mol. The van der Waals surface area contributed by atoms with Gasteiger partial charge in [-0.3, -0.25) is 10.3 Å². The lowest BCUT2D eigenvalue weighted by Gasteiger charge is -2.32. The Labute approximate surface area is 177 Å². The molecule has 9 heteroatoms. The fourth-order valence-corrected chi connectivity index (χ4v) is 3.60. The van der Waals surface area contributed by atoms with Crippen molar-refractivity contribution < 1.29 is 19.4 Å². The molecule has 1 amide bonds. The Morgan fingerprint density at radius 3 is 2.87 bits per heavy atom. The molecule has 2 aromatic heterocycles. The number of amides is 1. The van der Waals surface area contributed by atoms with Crippen molar-refractivity contribution in [2.24, 2.45) is 0 Å². The number of hydrogen-bond acceptors (Lipinski definition) is 8. The van der Waals surface area contributed by atoms with Crippen molar-refractivity contribution >= 4 is 22.8 Å². The molecule has 0 spiro atoms. The Bertz CT molecular complexity index is 870. The molecule has 0 saturated carbocycles. The molecule has 1 unspecified atom stereocenters. The van der Waals surface area contributed by atoms with Crippen LogP contribution in [0.2, 0.25) is 0 Å². The van der Waals surface area contributed by atoms with E-state index >= 15 is 0 Å². The van der Waals surface area contributed by atoms with Crippen LogP contribution in [0.25, 0.3) is 11.0 Å². The molecule has 3 rings (SSSR count). The van der Waals surface area contributed by atoms with Crippen molar-refractivity contribution in [2.45, 2.75) is 38.8 Å². The topological polar surface area (TPSA) is 100 Å². The highest BCUT2D eigenvalue weighted by Crippen LogP contribution is 2.30. The highest BCUT2D eigenvalue weighted by atomic mass is 16.6. The highest BCUT2D eigenvalue weighted by molar-refractivity contribution is 5.88. The number of rotatable bonds is 7. The maximum atomic E-state index is 12.8. The van der Waals surface area contributed by atoms with E-state index in [1.165, 1.54) is 0 Å². The number of aliphatic hydroxyl groups excluding tert-OH is 1. The van der Waals surface area contributed by atoms with Crippen molar-refractivity contribution in [3.05, 3.63) is 24.4 Å². The molecule has 1 atom stereocenters. The average Bonchev–Trinajstić information content (AvgIpc) is 3.18. The number of ether oxygens (including phenoxy) is 2. The number of anilines is 1. The van der Waals surface area contributed by atoms with Crippen LogP contribution >= 0.6 is 0 Å². The van der Waals surface area contributed by atoms with Crippen molar-refractivity contribution in [1.29, 1.82) is 0 Å². The lowest BCUT2D eigenvalue weighted by Crippen LogP contribution is -2.47. The first-order valence-electron chi connectivity index (χ1n) is 10.2. The molecule has 1 saturated heterocycles. The molecular weight excluding hydrogens is 386 g/mol. The van der Waals surface area contributed by atoms with Gasteiger partial charge in [0.25, 0.3) is 0 Å². The molecule has 0 bridgehead atoms. The number of pyridine rings is 2. The normalized spacial score (nSPS) is 16.7. The number of aromatic nitrogens is 2. The van der Waals surface area contributed by atoms with Crippen LogP contribution in [-0.2, 0) is 4.74 Å². The fraction of sp³-hybridized carbons (Fsp3) is 0.571. The van der Waals surface area contributed by atoms with Crippen LogP contribution in [-0.4, -0.2) is 77.7 Å². The van der Waals surface area contributed by atoms with Gasteiger partial charge in [-0.2, -0.15) is 0 Å². The molecule has 1 fully saturated rings. The Balaban J connectivity index is 1.80. The van der Waals surface area contributed by atoms with Crippen LogP contribution in [0.1, 0.15) is 27.2 Å². The smallest absolute Gasteiger partial charge is 0.410 e. The molecule has 2 N–H and O–H groups in total. The fourth-order valence-electron chi connectivity index (χ4n) is 3.60. The summed E-state index contributed by atoms with van der Waals surface area (Å²) >= 11 is 0. The molecule has 1 aliphatic rings. The standard InChI is InChI=1S/C21H31N5O4/c1-21(2,3)30-20(28)26(12-10-22-14-27)15-8-11-25(13-15)17-7-9-23-16-5-6-18(29-4)24-19(16)17/h5-7,9,15,22,27H,8,10-14H2,1-4H3. The zero-order valence-electron chi connectivity index (χ0n) is 18.1. The minimum Gasteiger partial charge on any atom is -0.481 e. The second-order valence-corrected chi connectivity index (χ2v) is 8.27. The lowest BCUT2D eigenvalue weighted by atomic mass is 10.2. The van der Waals surface area contributed by atoms with Gasteiger partial charge in [0, 0.05) is 38.4 Å². The Morgan fingerprint density at radius 1 is 1.37 bits per heavy atom. The summed E-state index contributed by atoms with van der Waals surface area (Å²) in [6.45, 7) is 7.84. The van der Waals surface area contributed by atoms with Crippen LogP contribution in [0.3, 0.4) is 0 Å². The number of aliphatic hydroxyl groups is 1. The van der Waals surface area contributed by atoms with E-state index in [2.05, 4.69) is 20.2 Å². The lowest BCUT2D eigenvalue weighted by molar-refractivity contribution is 0.0177. The second-order valence-electron chi connectivity index (χ2n) is 8.27. The third-order valence-corrected chi connectivity index (χ3v) is 4.96. The highest BCUT2D eigenvalue weighted by Gasteiger charge is 2.33. The summed E-state index contributed by atoms with van der Waals surface area (Å²) in [4.78, 5) is 25.8. The van der Waals surface area contributed by atoms with Crippen LogP contribution < -0.4 is 15.0 Å². The quantitative estimate of drug-likeness (QED) is 0.521. The third-order valence-electron chi connectivity index (χ3n) is 4.96. The van der Waals surface area contributed by atoms with Gasteiger partial charge in [-0.1, -0.05) is 0 Å². The van der Waals surface area contributed by atoms with Gasteiger partial charge in [-0.05, 0) is 39.3 Å². The minimum atomic E-state index is -0.570. The van der Waals surface area contributed by atoms with E-state index in [0.29, 0.717) is 25.5 Å². The Hall–Kier alpha value is -2.65. The first-order valence-corrected chi connectivity index (χ1v) is 10.2. The molecule has 0 aliphatic carbocycles. The third kappa shape index (κ3) is 5.28. The van der Waals surface area contributed by atoms with Gasteiger partial charge in [0.05, 0.1) is 31.1 Å². The SMILES string of the molecule is COc1ccc2nccc(N3CCC(N(CCNCO)C(=O)OC(C)(C)C)C3)c2n1. The van der Waals surface area contributed by atoms with Crippen molar-refractivity contribution in [3.63, 3.8) is 0 Å². The molecule has 1 aliphatic heterocycles. The summed E-state index contributed by atoms with van der Waals surface area (Å²) < 4.78 is 10.9. The Kier molecular flexibility index (Phi) is 6.94. The number of fused-ring (bicyclic) bond motifs is 1. The number of methoxy groups -OCH3 is 1. The first-order chi connectivity index (χ1) is 14.3. The van der Waals surface area contributed by atoms with E-state index in [9.17, 15) is 4.79 Å². The summed E-state index contributed by atoms with van der Waals surface area (Å²) in [5.41, 5.74) is 1.98. The number of nitrogens with zero attached hydrogens (tertiary/aromatic N) is 4. The van der Waals surface area contributed by atoms with E-state index in [0.717, 1.165) is 29.7 Å². The summed E-state index contributed by atoms with van der Waals surface area (Å²) in [5, 5.41) is 11.9. The molecule has 30 heavy (non-hydrogen) atoms. The van der Waals surface area contributed by atoms with E-state index in [4.69, 9.17) is 14.6 Å². The zero-order valence-corrected chi connectivity index (χ0v) is 18.1. The number of carbonyl (C=O) groups excluding carboxylic acids is 1. The van der Waals surface area contributed by atoms with E-state index < -0.39 is 5.60 Å². The zero-order chi connectivity index (χ0) is 21.7. The molecule has 9 nitrogen and oxygen atoms in total. The molecule has 0 aromatic carbocycles. The molecule has 3 heterocycles. The molecule has 2 aromatic rings.